The van der Waals surface area contributed by atoms with Gasteiger partial charge in [0.25, 0.3) is 0 Å². The fourth-order valence-electron chi connectivity index (χ4n) is 2.62. The first-order valence-corrected chi connectivity index (χ1v) is 9.19. The maximum absolute atomic E-state index is 12.3. The summed E-state index contributed by atoms with van der Waals surface area (Å²) >= 11 is 0. The van der Waals surface area contributed by atoms with Crippen LogP contribution in [0.1, 0.15) is 38.3 Å². The maximum atomic E-state index is 12.3. The van der Waals surface area contributed by atoms with E-state index in [-0.39, 0.29) is 5.75 Å². The van der Waals surface area contributed by atoms with Gasteiger partial charge >= 0.3 is 0 Å². The van der Waals surface area contributed by atoms with E-state index >= 15 is 0 Å². The van der Waals surface area contributed by atoms with Crippen molar-refractivity contribution in [3.8, 4) is 0 Å². The summed E-state index contributed by atoms with van der Waals surface area (Å²) in [5.41, 5.74) is 9.28. The number of anilines is 1. The lowest BCUT2D eigenvalue weighted by molar-refractivity contribution is 0.558. The lowest BCUT2D eigenvalue weighted by atomic mass is 9.99. The summed E-state index contributed by atoms with van der Waals surface area (Å²) in [7, 11) is -3.07. The van der Waals surface area contributed by atoms with E-state index in [9.17, 15) is 8.42 Å². The Morgan fingerprint density at radius 3 is 2.62 bits per heavy atom. The zero-order valence-corrected chi connectivity index (χ0v) is 14.0. The SMILES string of the molecule is CC(C)(C)S(=O)(=O)CCN1CCCc2cc(CN)ccc21. The quantitative estimate of drug-likeness (QED) is 0.925. The molecule has 0 unspecified atom stereocenters. The highest BCUT2D eigenvalue weighted by molar-refractivity contribution is 7.92. The number of fused-ring (bicyclic) bond motifs is 1. The second-order valence-electron chi connectivity index (χ2n) is 6.69. The zero-order valence-electron chi connectivity index (χ0n) is 13.2. The van der Waals surface area contributed by atoms with Crippen molar-refractivity contribution in [1.82, 2.24) is 0 Å². The lowest BCUT2D eigenvalue weighted by Gasteiger charge is -2.32. The highest BCUT2D eigenvalue weighted by Gasteiger charge is 2.29. The summed E-state index contributed by atoms with van der Waals surface area (Å²) in [6.45, 7) is 7.33. The monoisotopic (exact) mass is 310 g/mol. The number of aryl methyl sites for hydroxylation is 1. The minimum atomic E-state index is -3.07. The van der Waals surface area contributed by atoms with Crippen LogP contribution in [0.2, 0.25) is 0 Å². The summed E-state index contributed by atoms with van der Waals surface area (Å²) in [4.78, 5) is 2.20. The molecule has 0 amide bonds. The van der Waals surface area contributed by atoms with Gasteiger partial charge in [-0.2, -0.15) is 0 Å². The molecule has 0 atom stereocenters. The molecule has 1 aliphatic rings. The second-order valence-corrected chi connectivity index (χ2v) is 9.55. The van der Waals surface area contributed by atoms with Gasteiger partial charge in [-0.05, 0) is 50.8 Å². The van der Waals surface area contributed by atoms with Crippen molar-refractivity contribution in [2.45, 2.75) is 44.9 Å². The summed E-state index contributed by atoms with van der Waals surface area (Å²) in [5.74, 6) is 0.203. The van der Waals surface area contributed by atoms with E-state index in [0.717, 1.165) is 24.9 Å². The molecule has 1 aromatic carbocycles. The van der Waals surface area contributed by atoms with Gasteiger partial charge in [0, 0.05) is 25.3 Å². The molecule has 21 heavy (non-hydrogen) atoms. The largest absolute Gasteiger partial charge is 0.370 e. The van der Waals surface area contributed by atoms with Crippen LogP contribution < -0.4 is 10.6 Å². The molecule has 2 rings (SSSR count). The number of nitrogens with two attached hydrogens (primary N) is 1. The van der Waals surface area contributed by atoms with E-state index in [1.807, 2.05) is 6.07 Å². The molecule has 4 nitrogen and oxygen atoms in total. The first kappa shape index (κ1) is 16.3. The minimum Gasteiger partial charge on any atom is -0.370 e. The van der Waals surface area contributed by atoms with Gasteiger partial charge < -0.3 is 10.6 Å². The van der Waals surface area contributed by atoms with E-state index < -0.39 is 14.6 Å². The molecular formula is C16H26N2O2S. The molecule has 0 aliphatic carbocycles. The maximum Gasteiger partial charge on any atom is 0.156 e. The topological polar surface area (TPSA) is 63.4 Å². The first-order valence-electron chi connectivity index (χ1n) is 7.54. The Morgan fingerprint density at radius 2 is 2.00 bits per heavy atom. The molecule has 0 saturated heterocycles. The Hall–Kier alpha value is -1.07. The number of sulfone groups is 1. The van der Waals surface area contributed by atoms with Crippen LogP contribution in [0, 0.1) is 0 Å². The van der Waals surface area contributed by atoms with Crippen LogP contribution in [-0.4, -0.2) is 32.0 Å². The fourth-order valence-corrected chi connectivity index (χ4v) is 3.70. The van der Waals surface area contributed by atoms with Crippen LogP contribution in [-0.2, 0) is 22.8 Å². The van der Waals surface area contributed by atoms with E-state index in [1.54, 1.807) is 20.8 Å². The van der Waals surface area contributed by atoms with E-state index in [1.165, 1.54) is 11.3 Å². The zero-order chi connectivity index (χ0) is 15.7. The third-order valence-corrected chi connectivity index (χ3v) is 6.74. The Bertz CT molecular complexity index is 603. The van der Waals surface area contributed by atoms with E-state index in [0.29, 0.717) is 13.1 Å². The van der Waals surface area contributed by atoms with Crippen LogP contribution >= 0.6 is 0 Å². The Kier molecular flexibility index (Phi) is 4.63. The summed E-state index contributed by atoms with van der Waals surface area (Å²) in [6, 6.07) is 6.27. The molecular weight excluding hydrogens is 284 g/mol. The molecule has 5 heteroatoms. The molecule has 1 heterocycles. The van der Waals surface area contributed by atoms with Gasteiger partial charge in [0.1, 0.15) is 0 Å². The number of nitrogens with zero attached hydrogens (tertiary/aromatic N) is 1. The van der Waals surface area contributed by atoms with Gasteiger partial charge in [0.2, 0.25) is 0 Å². The third-order valence-electron chi connectivity index (χ3n) is 4.16. The number of rotatable bonds is 4. The van der Waals surface area contributed by atoms with Crippen LogP contribution in [0.5, 0.6) is 0 Å². The predicted octanol–water partition coefficient (Wildman–Crippen LogP) is 2.11. The standard InChI is InChI=1S/C16H26N2O2S/c1-16(2,3)21(19,20)10-9-18-8-4-5-14-11-13(12-17)6-7-15(14)18/h6-7,11H,4-5,8-10,12,17H2,1-3H3. The van der Waals surface area contributed by atoms with Crippen molar-refractivity contribution < 1.29 is 8.42 Å². The highest BCUT2D eigenvalue weighted by atomic mass is 32.2. The molecule has 118 valence electrons. The average molecular weight is 310 g/mol. The van der Waals surface area contributed by atoms with Crippen LogP contribution in [0.3, 0.4) is 0 Å². The summed E-state index contributed by atoms with van der Waals surface area (Å²) in [5, 5.41) is 0. The van der Waals surface area contributed by atoms with Gasteiger partial charge in [0.15, 0.2) is 9.84 Å². The van der Waals surface area contributed by atoms with E-state index in [2.05, 4.69) is 17.0 Å². The molecule has 0 spiro atoms. The normalized spacial score (nSPS) is 15.9. The summed E-state index contributed by atoms with van der Waals surface area (Å²) < 4.78 is 23.8. The van der Waals surface area contributed by atoms with Gasteiger partial charge in [-0.3, -0.25) is 0 Å². The van der Waals surface area contributed by atoms with Crippen molar-refractivity contribution >= 4 is 15.5 Å². The van der Waals surface area contributed by atoms with Crippen molar-refractivity contribution in [2.24, 2.45) is 5.73 Å². The van der Waals surface area contributed by atoms with Crippen molar-refractivity contribution in [3.63, 3.8) is 0 Å². The third kappa shape index (κ3) is 3.58. The van der Waals surface area contributed by atoms with Crippen LogP contribution in [0.4, 0.5) is 5.69 Å². The van der Waals surface area contributed by atoms with Gasteiger partial charge in [0.05, 0.1) is 10.5 Å². The van der Waals surface area contributed by atoms with Gasteiger partial charge in [-0.15, -0.1) is 0 Å². The van der Waals surface area contributed by atoms with Crippen molar-refractivity contribution in [2.75, 3.05) is 23.7 Å². The highest BCUT2D eigenvalue weighted by Crippen LogP contribution is 2.28. The van der Waals surface area contributed by atoms with Gasteiger partial charge in [-0.25, -0.2) is 8.42 Å². The molecule has 0 aromatic heterocycles. The molecule has 0 fully saturated rings. The Balaban J connectivity index is 2.14. The average Bonchev–Trinajstić information content (AvgIpc) is 2.43. The Labute approximate surface area is 128 Å². The summed E-state index contributed by atoms with van der Waals surface area (Å²) in [6.07, 6.45) is 2.11. The molecule has 1 aromatic rings. The fraction of sp³-hybridized carbons (Fsp3) is 0.625. The van der Waals surface area contributed by atoms with Crippen molar-refractivity contribution in [1.29, 1.82) is 0 Å². The van der Waals surface area contributed by atoms with Crippen molar-refractivity contribution in [3.05, 3.63) is 29.3 Å². The van der Waals surface area contributed by atoms with E-state index in [4.69, 9.17) is 5.73 Å². The first-order chi connectivity index (χ1) is 9.74. The van der Waals surface area contributed by atoms with Gasteiger partial charge in [-0.1, -0.05) is 12.1 Å². The molecule has 0 bridgehead atoms. The second kappa shape index (κ2) is 5.97. The minimum absolute atomic E-state index is 0.203. The lowest BCUT2D eigenvalue weighted by Crippen LogP contribution is -2.38. The molecule has 1 aliphatic heterocycles. The van der Waals surface area contributed by atoms with Crippen LogP contribution in [0.25, 0.3) is 0 Å². The molecule has 2 N–H and O–H groups in total. The smallest absolute Gasteiger partial charge is 0.156 e. The number of hydrogen-bond donors (Lipinski definition) is 1. The number of hydrogen-bond acceptors (Lipinski definition) is 4. The van der Waals surface area contributed by atoms with Crippen LogP contribution in [0.15, 0.2) is 18.2 Å². The molecule has 0 radical (unpaired) electrons. The number of benzene rings is 1. The molecule has 0 saturated carbocycles. The Morgan fingerprint density at radius 1 is 1.29 bits per heavy atom. The predicted molar refractivity (Wildman–Crippen MR) is 88.4 cm³/mol.